The molecule has 0 atom stereocenters. The third-order valence-corrected chi connectivity index (χ3v) is 3.35. The lowest BCUT2D eigenvalue weighted by Gasteiger charge is -2.05. The number of nitrogen functional groups attached to an aromatic ring is 2. The lowest BCUT2D eigenvalue weighted by atomic mass is 10.2. The first kappa shape index (κ1) is 16.8. The van der Waals surface area contributed by atoms with Gasteiger partial charge in [0.2, 0.25) is 0 Å². The number of nitrogens with one attached hydrogen (secondary N) is 2. The van der Waals surface area contributed by atoms with Gasteiger partial charge in [0.05, 0.1) is 6.54 Å². The SMILES string of the molecule is Nc1nc(N)c(C(=O)N/C=N/NCc2ccccc2Cl)nc1Cl. The molecule has 0 spiro atoms. The molecular formula is C13H13Cl2N7O. The number of nitrogens with two attached hydrogens (primary N) is 2. The maximum Gasteiger partial charge on any atom is 0.278 e. The Labute approximate surface area is 141 Å². The highest BCUT2D eigenvalue weighted by Crippen LogP contribution is 2.17. The van der Waals surface area contributed by atoms with Crippen molar-refractivity contribution in [1.82, 2.24) is 20.7 Å². The van der Waals surface area contributed by atoms with Gasteiger partial charge in [0.15, 0.2) is 22.5 Å². The van der Waals surface area contributed by atoms with E-state index < -0.39 is 5.91 Å². The van der Waals surface area contributed by atoms with Crippen molar-refractivity contribution in [2.45, 2.75) is 6.54 Å². The van der Waals surface area contributed by atoms with Crippen LogP contribution in [0.25, 0.3) is 0 Å². The van der Waals surface area contributed by atoms with E-state index in [1.165, 1.54) is 0 Å². The quantitative estimate of drug-likeness (QED) is 0.365. The predicted octanol–water partition coefficient (Wildman–Crippen LogP) is 1.41. The summed E-state index contributed by atoms with van der Waals surface area (Å²) in [6, 6.07) is 7.33. The molecule has 0 aliphatic rings. The Morgan fingerprint density at radius 2 is 1.96 bits per heavy atom. The fourth-order valence-electron chi connectivity index (χ4n) is 1.59. The molecule has 2 rings (SSSR count). The highest BCUT2D eigenvalue weighted by Gasteiger charge is 2.14. The van der Waals surface area contributed by atoms with Crippen LogP contribution in [0.2, 0.25) is 10.2 Å². The number of rotatable bonds is 5. The van der Waals surface area contributed by atoms with E-state index in [-0.39, 0.29) is 22.5 Å². The maximum atomic E-state index is 11.9. The summed E-state index contributed by atoms with van der Waals surface area (Å²) < 4.78 is 0. The summed E-state index contributed by atoms with van der Waals surface area (Å²) in [6.45, 7) is 0.404. The topological polar surface area (TPSA) is 131 Å². The Morgan fingerprint density at radius 3 is 2.70 bits per heavy atom. The van der Waals surface area contributed by atoms with Crippen LogP contribution in [-0.2, 0) is 6.54 Å². The molecule has 0 saturated carbocycles. The second-order valence-electron chi connectivity index (χ2n) is 4.29. The van der Waals surface area contributed by atoms with Gasteiger partial charge in [-0.3, -0.25) is 4.79 Å². The van der Waals surface area contributed by atoms with E-state index in [0.717, 1.165) is 11.9 Å². The van der Waals surface area contributed by atoms with Crippen LogP contribution in [0, 0.1) is 0 Å². The number of halogens is 2. The number of hydrazone groups is 1. The van der Waals surface area contributed by atoms with Crippen molar-refractivity contribution in [2.24, 2.45) is 5.10 Å². The molecule has 0 aliphatic carbocycles. The van der Waals surface area contributed by atoms with Gasteiger partial charge < -0.3 is 22.2 Å². The third kappa shape index (κ3) is 4.44. The Kier molecular flexibility index (Phi) is 5.56. The number of anilines is 2. The third-order valence-electron chi connectivity index (χ3n) is 2.70. The van der Waals surface area contributed by atoms with E-state index >= 15 is 0 Å². The van der Waals surface area contributed by atoms with E-state index in [1.807, 2.05) is 18.2 Å². The van der Waals surface area contributed by atoms with Gasteiger partial charge in [-0.05, 0) is 11.6 Å². The smallest absolute Gasteiger partial charge is 0.278 e. The second-order valence-corrected chi connectivity index (χ2v) is 5.06. The van der Waals surface area contributed by atoms with Crippen molar-refractivity contribution >= 4 is 47.1 Å². The van der Waals surface area contributed by atoms with Crippen molar-refractivity contribution in [1.29, 1.82) is 0 Å². The zero-order valence-corrected chi connectivity index (χ0v) is 13.3. The molecule has 0 aliphatic heterocycles. The fraction of sp³-hybridized carbons (Fsp3) is 0.0769. The number of nitrogens with zero attached hydrogens (tertiary/aromatic N) is 3. The summed E-state index contributed by atoms with van der Waals surface area (Å²) >= 11 is 11.7. The largest absolute Gasteiger partial charge is 0.382 e. The molecule has 1 amide bonds. The predicted molar refractivity (Wildman–Crippen MR) is 90.1 cm³/mol. The number of benzene rings is 1. The molecule has 0 fully saturated rings. The van der Waals surface area contributed by atoms with E-state index in [4.69, 9.17) is 34.7 Å². The monoisotopic (exact) mass is 353 g/mol. The molecule has 6 N–H and O–H groups in total. The van der Waals surface area contributed by atoms with Crippen LogP contribution in [0.15, 0.2) is 29.4 Å². The highest BCUT2D eigenvalue weighted by molar-refractivity contribution is 6.32. The molecule has 1 aromatic carbocycles. The average molecular weight is 354 g/mol. The second kappa shape index (κ2) is 7.61. The summed E-state index contributed by atoms with van der Waals surface area (Å²) in [4.78, 5) is 19.4. The number of carbonyl (C=O) groups excluding carboxylic acids is 1. The van der Waals surface area contributed by atoms with Crippen LogP contribution in [0.3, 0.4) is 0 Å². The van der Waals surface area contributed by atoms with Crippen molar-refractivity contribution in [3.8, 4) is 0 Å². The standard InChI is InChI=1S/C13H13Cl2N7O/c14-8-4-2-1-3-7(8)5-19-20-6-18-13(23)9-11(16)22-12(17)10(15)21-9/h1-4,6,19H,5H2,(H4,16,17,22)(H,18,20,23). The molecule has 0 bridgehead atoms. The molecule has 0 unspecified atom stereocenters. The minimum absolute atomic E-state index is 0.0456. The molecule has 23 heavy (non-hydrogen) atoms. The Morgan fingerprint density at radius 1 is 1.22 bits per heavy atom. The molecule has 2 aromatic rings. The number of hydrogen-bond donors (Lipinski definition) is 4. The zero-order chi connectivity index (χ0) is 16.8. The lowest BCUT2D eigenvalue weighted by Crippen LogP contribution is -2.26. The molecule has 0 radical (unpaired) electrons. The van der Waals surface area contributed by atoms with Crippen LogP contribution >= 0.6 is 23.2 Å². The molecule has 120 valence electrons. The van der Waals surface area contributed by atoms with E-state index in [1.54, 1.807) is 6.07 Å². The zero-order valence-electron chi connectivity index (χ0n) is 11.8. The van der Waals surface area contributed by atoms with Crippen LogP contribution < -0.4 is 22.2 Å². The van der Waals surface area contributed by atoms with Gasteiger partial charge in [0, 0.05) is 5.02 Å². The molecule has 1 aromatic heterocycles. The van der Waals surface area contributed by atoms with Crippen molar-refractivity contribution in [3.05, 3.63) is 45.7 Å². The van der Waals surface area contributed by atoms with Crippen LogP contribution in [-0.4, -0.2) is 22.2 Å². The van der Waals surface area contributed by atoms with Crippen LogP contribution in [0.5, 0.6) is 0 Å². The first-order chi connectivity index (χ1) is 11.0. The van der Waals surface area contributed by atoms with Gasteiger partial charge in [-0.25, -0.2) is 9.97 Å². The van der Waals surface area contributed by atoms with Gasteiger partial charge in [0.1, 0.15) is 6.34 Å². The van der Waals surface area contributed by atoms with Gasteiger partial charge in [0.25, 0.3) is 5.91 Å². The van der Waals surface area contributed by atoms with Gasteiger partial charge in [-0.15, -0.1) is 0 Å². The Bertz CT molecular complexity index is 751. The van der Waals surface area contributed by atoms with E-state index in [9.17, 15) is 4.79 Å². The van der Waals surface area contributed by atoms with Crippen molar-refractivity contribution in [3.63, 3.8) is 0 Å². The molecule has 8 nitrogen and oxygen atoms in total. The fourth-order valence-corrected chi connectivity index (χ4v) is 1.92. The van der Waals surface area contributed by atoms with Gasteiger partial charge in [-0.1, -0.05) is 41.4 Å². The number of amides is 1. The first-order valence-corrected chi connectivity index (χ1v) is 7.11. The Balaban J connectivity index is 1.89. The summed E-state index contributed by atoms with van der Waals surface area (Å²) in [5.74, 6) is -0.780. The minimum Gasteiger partial charge on any atom is -0.382 e. The van der Waals surface area contributed by atoms with Gasteiger partial charge >= 0.3 is 0 Å². The van der Waals surface area contributed by atoms with Gasteiger partial charge in [-0.2, -0.15) is 5.10 Å². The summed E-state index contributed by atoms with van der Waals surface area (Å²) in [7, 11) is 0. The summed E-state index contributed by atoms with van der Waals surface area (Å²) in [5.41, 5.74) is 14.5. The summed E-state index contributed by atoms with van der Waals surface area (Å²) in [5, 5.41) is 6.73. The maximum absolute atomic E-state index is 11.9. The molecule has 1 heterocycles. The number of aromatic nitrogens is 2. The lowest BCUT2D eigenvalue weighted by molar-refractivity contribution is 0.0974. The van der Waals surface area contributed by atoms with Crippen LogP contribution in [0.1, 0.15) is 16.1 Å². The minimum atomic E-state index is -0.611. The van der Waals surface area contributed by atoms with E-state index in [2.05, 4.69) is 25.8 Å². The highest BCUT2D eigenvalue weighted by atomic mass is 35.5. The molecule has 0 saturated heterocycles. The van der Waals surface area contributed by atoms with Crippen molar-refractivity contribution < 1.29 is 4.79 Å². The van der Waals surface area contributed by atoms with Crippen LogP contribution in [0.4, 0.5) is 11.6 Å². The number of hydrogen-bond acceptors (Lipinski definition) is 7. The number of carbonyl (C=O) groups is 1. The van der Waals surface area contributed by atoms with E-state index in [0.29, 0.717) is 11.6 Å². The Hall–Kier alpha value is -2.58. The molecular weight excluding hydrogens is 341 g/mol. The average Bonchev–Trinajstić information content (AvgIpc) is 2.52. The normalized spacial score (nSPS) is 10.7. The molecule has 10 heteroatoms. The first-order valence-electron chi connectivity index (χ1n) is 6.36. The van der Waals surface area contributed by atoms with Crippen molar-refractivity contribution in [2.75, 3.05) is 11.5 Å². The summed E-state index contributed by atoms with van der Waals surface area (Å²) in [6.07, 6.45) is 1.16.